The summed E-state index contributed by atoms with van der Waals surface area (Å²) in [5, 5.41) is 33.4. The Hall–Kier alpha value is -3.95. The van der Waals surface area contributed by atoms with Crippen molar-refractivity contribution in [3.8, 4) is 17.7 Å². The summed E-state index contributed by atoms with van der Waals surface area (Å²) in [5.74, 6) is -0.835. The third-order valence-corrected chi connectivity index (χ3v) is 7.76. The van der Waals surface area contributed by atoms with Crippen LogP contribution in [0.1, 0.15) is 28.2 Å². The van der Waals surface area contributed by atoms with Crippen molar-refractivity contribution >= 4 is 5.82 Å². The molecular formula is C29H28N4O4. The second-order valence-electron chi connectivity index (χ2n) is 9.87. The number of ether oxygens (including phenoxy) is 2. The van der Waals surface area contributed by atoms with E-state index in [0.29, 0.717) is 29.0 Å². The van der Waals surface area contributed by atoms with Gasteiger partial charge in [0.1, 0.15) is 16.9 Å². The van der Waals surface area contributed by atoms with Gasteiger partial charge in [-0.15, -0.1) is 0 Å². The minimum Gasteiger partial charge on any atom is -0.479 e. The molecule has 0 saturated heterocycles. The number of nitrogens with zero attached hydrogens (tertiary/aromatic N) is 4. The van der Waals surface area contributed by atoms with Gasteiger partial charge >= 0.3 is 5.88 Å². The molecule has 5 rings (SSSR count). The summed E-state index contributed by atoms with van der Waals surface area (Å²) < 4.78 is 12.5. The van der Waals surface area contributed by atoms with Crippen molar-refractivity contribution in [2.45, 2.75) is 17.1 Å². The maximum Gasteiger partial charge on any atom is 0.319 e. The predicted octanol–water partition coefficient (Wildman–Crippen LogP) is 3.57. The maximum atomic E-state index is 13.1. The zero-order chi connectivity index (χ0) is 26.4. The lowest BCUT2D eigenvalue weighted by molar-refractivity contribution is -0.131. The number of aliphatic hydroxyl groups is 2. The molecule has 1 saturated carbocycles. The van der Waals surface area contributed by atoms with Gasteiger partial charge in [-0.3, -0.25) is 0 Å². The SMILES string of the molecule is [C-]#[N+]c1cc2c(c(OC)n1)[C@]1(O)[C@@H](CN(C)C)[C@H](CO)[C@@H](c3ccccc3)[C@]1(c1ccc(C#N)cc1)O2. The predicted molar refractivity (Wildman–Crippen MR) is 136 cm³/mol. The Balaban J connectivity index is 1.90. The molecule has 5 atom stereocenters. The van der Waals surface area contributed by atoms with E-state index in [1.807, 2.05) is 49.3 Å². The standard InChI is InChI=1S/C29H28N4O4/c1-31-24-14-23-26(27(32-24)36-4)28(35)22(16-33(2)3)21(17-34)25(19-8-6-5-7-9-19)29(28,37-23)20-12-10-18(15-30)11-13-20/h5-14,21-22,25,34-35H,16-17H2,2-4H3/t21-,22-,25+,28+,29-/m0/s1. The van der Waals surface area contributed by atoms with Crippen LogP contribution in [0, 0.1) is 29.7 Å². The van der Waals surface area contributed by atoms with E-state index in [1.165, 1.54) is 13.2 Å². The number of benzene rings is 2. The Morgan fingerprint density at radius 1 is 1.19 bits per heavy atom. The number of pyridine rings is 1. The van der Waals surface area contributed by atoms with Gasteiger partial charge in [0, 0.05) is 37.0 Å². The summed E-state index contributed by atoms with van der Waals surface area (Å²) in [6, 6.07) is 20.4. The molecule has 188 valence electrons. The molecule has 2 aliphatic rings. The summed E-state index contributed by atoms with van der Waals surface area (Å²) in [6.07, 6.45) is 0. The van der Waals surface area contributed by atoms with Crippen LogP contribution < -0.4 is 9.47 Å². The van der Waals surface area contributed by atoms with Crippen LogP contribution in [-0.2, 0) is 11.2 Å². The monoisotopic (exact) mass is 496 g/mol. The van der Waals surface area contributed by atoms with E-state index < -0.39 is 29.0 Å². The maximum absolute atomic E-state index is 13.1. The fourth-order valence-corrected chi connectivity index (χ4v) is 6.45. The highest BCUT2D eigenvalue weighted by molar-refractivity contribution is 5.62. The van der Waals surface area contributed by atoms with Crippen LogP contribution in [0.5, 0.6) is 11.6 Å². The van der Waals surface area contributed by atoms with Crippen molar-refractivity contribution < 1.29 is 19.7 Å². The number of methoxy groups -OCH3 is 1. The lowest BCUT2D eigenvalue weighted by atomic mass is 9.70. The molecule has 1 aliphatic heterocycles. The zero-order valence-corrected chi connectivity index (χ0v) is 20.9. The Bertz CT molecular complexity index is 1400. The quantitative estimate of drug-likeness (QED) is 0.503. The Morgan fingerprint density at radius 2 is 1.89 bits per heavy atom. The largest absolute Gasteiger partial charge is 0.479 e. The molecule has 1 aromatic heterocycles. The molecule has 2 N–H and O–H groups in total. The zero-order valence-electron chi connectivity index (χ0n) is 20.9. The third-order valence-electron chi connectivity index (χ3n) is 7.76. The highest BCUT2D eigenvalue weighted by atomic mass is 16.5. The number of nitriles is 1. The Labute approximate surface area is 216 Å². The van der Waals surface area contributed by atoms with Crippen LogP contribution >= 0.6 is 0 Å². The summed E-state index contributed by atoms with van der Waals surface area (Å²) in [5.41, 5.74) is -0.676. The number of hydrogen-bond acceptors (Lipinski definition) is 7. The van der Waals surface area contributed by atoms with Crippen LogP contribution in [-0.4, -0.2) is 54.5 Å². The van der Waals surface area contributed by atoms with Gasteiger partial charge in [0.05, 0.1) is 18.7 Å². The molecular weight excluding hydrogens is 468 g/mol. The average molecular weight is 497 g/mol. The topological polar surface area (TPSA) is 103 Å². The Morgan fingerprint density at radius 3 is 2.46 bits per heavy atom. The number of fused-ring (bicyclic) bond motifs is 3. The molecule has 0 unspecified atom stereocenters. The normalized spacial score (nSPS) is 27.6. The molecule has 0 amide bonds. The first kappa shape index (κ1) is 24.7. The van der Waals surface area contributed by atoms with Gasteiger partial charge in [-0.2, -0.15) is 5.26 Å². The fraction of sp³-hybridized carbons (Fsp3) is 0.345. The molecule has 1 aliphatic carbocycles. The van der Waals surface area contributed by atoms with Crippen molar-refractivity contribution in [3.05, 3.63) is 94.3 Å². The molecule has 1 fully saturated rings. The highest BCUT2D eigenvalue weighted by Gasteiger charge is 2.77. The number of aromatic nitrogens is 1. The van der Waals surface area contributed by atoms with Crippen LogP contribution in [0.2, 0.25) is 0 Å². The van der Waals surface area contributed by atoms with E-state index in [-0.39, 0.29) is 18.3 Å². The van der Waals surface area contributed by atoms with Crippen molar-refractivity contribution in [1.29, 1.82) is 5.26 Å². The molecule has 8 nitrogen and oxygen atoms in total. The molecule has 3 aromatic rings. The molecule has 37 heavy (non-hydrogen) atoms. The average Bonchev–Trinajstić information content (AvgIpc) is 3.30. The van der Waals surface area contributed by atoms with Crippen LogP contribution in [0.15, 0.2) is 60.7 Å². The van der Waals surface area contributed by atoms with Crippen LogP contribution in [0.25, 0.3) is 4.85 Å². The minimum absolute atomic E-state index is 0.0910. The lowest BCUT2D eigenvalue weighted by Crippen LogP contribution is -2.52. The first-order valence-corrected chi connectivity index (χ1v) is 12.0. The summed E-state index contributed by atoms with van der Waals surface area (Å²) >= 11 is 0. The van der Waals surface area contributed by atoms with Gasteiger partial charge in [0.15, 0.2) is 5.60 Å². The molecule has 2 heterocycles. The minimum atomic E-state index is -1.69. The van der Waals surface area contributed by atoms with Gasteiger partial charge < -0.3 is 29.4 Å². The van der Waals surface area contributed by atoms with Crippen LogP contribution in [0.3, 0.4) is 0 Å². The molecule has 8 heteroatoms. The van der Waals surface area contributed by atoms with Crippen molar-refractivity contribution in [2.24, 2.45) is 11.8 Å². The third kappa shape index (κ3) is 3.42. The summed E-state index contributed by atoms with van der Waals surface area (Å²) in [7, 11) is 5.30. The lowest BCUT2D eigenvalue weighted by Gasteiger charge is -2.41. The number of hydrogen-bond donors (Lipinski definition) is 2. The summed E-state index contributed by atoms with van der Waals surface area (Å²) in [6.45, 7) is 7.79. The molecule has 0 spiro atoms. The number of rotatable bonds is 6. The summed E-state index contributed by atoms with van der Waals surface area (Å²) in [4.78, 5) is 9.83. The molecule has 0 bridgehead atoms. The number of aliphatic hydroxyl groups excluding tert-OH is 1. The first-order chi connectivity index (χ1) is 17.8. The fourth-order valence-electron chi connectivity index (χ4n) is 6.45. The van der Waals surface area contributed by atoms with E-state index in [2.05, 4.69) is 15.9 Å². The molecule has 2 aromatic carbocycles. The van der Waals surface area contributed by atoms with Crippen molar-refractivity contribution in [2.75, 3.05) is 34.4 Å². The van der Waals surface area contributed by atoms with Gasteiger partial charge in [-0.1, -0.05) is 54.0 Å². The first-order valence-electron chi connectivity index (χ1n) is 12.0. The highest BCUT2D eigenvalue weighted by Crippen LogP contribution is 2.71. The Kier molecular flexibility index (Phi) is 6.13. The van der Waals surface area contributed by atoms with Gasteiger partial charge in [-0.25, -0.2) is 0 Å². The van der Waals surface area contributed by atoms with Gasteiger partial charge in [-0.05, 0) is 37.4 Å². The second kappa shape index (κ2) is 9.17. The van der Waals surface area contributed by atoms with E-state index in [0.717, 1.165) is 5.56 Å². The van der Waals surface area contributed by atoms with Gasteiger partial charge in [0.25, 0.3) is 5.82 Å². The van der Waals surface area contributed by atoms with E-state index >= 15 is 0 Å². The smallest absolute Gasteiger partial charge is 0.319 e. The van der Waals surface area contributed by atoms with Crippen LogP contribution in [0.4, 0.5) is 5.82 Å². The van der Waals surface area contributed by atoms with Gasteiger partial charge in [0.2, 0.25) is 0 Å². The van der Waals surface area contributed by atoms with E-state index in [9.17, 15) is 15.5 Å². The van der Waals surface area contributed by atoms with E-state index in [1.54, 1.807) is 24.3 Å². The molecule has 0 radical (unpaired) electrons. The van der Waals surface area contributed by atoms with Crippen molar-refractivity contribution in [1.82, 2.24) is 9.88 Å². The van der Waals surface area contributed by atoms with Crippen molar-refractivity contribution in [3.63, 3.8) is 0 Å². The van der Waals surface area contributed by atoms with E-state index in [4.69, 9.17) is 16.0 Å². The second-order valence-corrected chi connectivity index (χ2v) is 9.87.